The molecule has 0 aliphatic rings. The first kappa shape index (κ1) is 7.95. The molecule has 4 N–H and O–H groups in total. The highest BCUT2D eigenvalue weighted by molar-refractivity contribution is 6.29. The summed E-state index contributed by atoms with van der Waals surface area (Å²) in [6.45, 7) is 1.09. The molecule has 0 fully saturated rings. The second-order valence-electron chi connectivity index (χ2n) is 1.43. The zero-order chi connectivity index (χ0) is 6.41. The zero-order valence-corrected chi connectivity index (χ0v) is 5.49. The molecule has 0 spiro atoms. The van der Waals surface area contributed by atoms with E-state index in [9.17, 15) is 0 Å². The van der Waals surface area contributed by atoms with Gasteiger partial charge in [0.15, 0.2) is 0 Å². The number of hydrogen-bond acceptors (Lipinski definition) is 2. The van der Waals surface area contributed by atoms with Crippen LogP contribution in [0, 0.1) is 0 Å². The van der Waals surface area contributed by atoms with Gasteiger partial charge in [-0.2, -0.15) is 0 Å². The van der Waals surface area contributed by atoms with Gasteiger partial charge in [0.05, 0.1) is 0 Å². The fourth-order valence-corrected chi connectivity index (χ4v) is 0.566. The molecule has 0 aliphatic carbocycles. The lowest BCUT2D eigenvalue weighted by atomic mass is 10.4. The Morgan fingerprint density at radius 2 is 2.12 bits per heavy atom. The van der Waals surface area contributed by atoms with Crippen molar-refractivity contribution in [1.82, 2.24) is 0 Å². The van der Waals surface area contributed by atoms with Crippen molar-refractivity contribution < 1.29 is 0 Å². The Morgan fingerprint density at radius 3 is 2.50 bits per heavy atom. The van der Waals surface area contributed by atoms with Crippen molar-refractivity contribution >= 4 is 11.6 Å². The molecule has 0 bridgehead atoms. The average Bonchev–Trinajstić information content (AvgIpc) is 1.68. The maximum absolute atomic E-state index is 5.58. The van der Waals surface area contributed by atoms with Gasteiger partial charge in [0.2, 0.25) is 0 Å². The topological polar surface area (TPSA) is 52.0 Å². The van der Waals surface area contributed by atoms with Gasteiger partial charge in [-0.3, -0.25) is 0 Å². The van der Waals surface area contributed by atoms with Crippen molar-refractivity contribution in [1.29, 1.82) is 0 Å². The van der Waals surface area contributed by atoms with Gasteiger partial charge in [-0.25, -0.2) is 0 Å². The van der Waals surface area contributed by atoms with E-state index in [1.165, 1.54) is 0 Å². The molecular weight excluding hydrogens is 124 g/mol. The second-order valence-corrected chi connectivity index (χ2v) is 1.91. The summed E-state index contributed by atoms with van der Waals surface area (Å²) >= 11 is 5.58. The zero-order valence-electron chi connectivity index (χ0n) is 4.73. The molecular formula is C5H11ClN2. The highest BCUT2D eigenvalue weighted by Gasteiger charge is 1.85. The van der Waals surface area contributed by atoms with Crippen LogP contribution in [-0.2, 0) is 0 Å². The molecule has 48 valence electrons. The molecule has 8 heavy (non-hydrogen) atoms. The summed E-state index contributed by atoms with van der Waals surface area (Å²) in [6, 6.07) is 0. The Labute approximate surface area is 54.5 Å². The lowest BCUT2D eigenvalue weighted by Crippen LogP contribution is -2.00. The van der Waals surface area contributed by atoms with E-state index >= 15 is 0 Å². The van der Waals surface area contributed by atoms with E-state index in [0.717, 1.165) is 11.5 Å². The Morgan fingerprint density at radius 1 is 1.50 bits per heavy atom. The average molecular weight is 135 g/mol. The monoisotopic (exact) mass is 134 g/mol. The highest BCUT2D eigenvalue weighted by atomic mass is 35.5. The van der Waals surface area contributed by atoms with Gasteiger partial charge in [-0.05, 0) is 13.0 Å². The van der Waals surface area contributed by atoms with Gasteiger partial charge in [0.25, 0.3) is 0 Å². The molecule has 3 heteroatoms. The molecule has 2 nitrogen and oxygen atoms in total. The number of hydrogen-bond donors (Lipinski definition) is 2. The molecule has 0 rings (SSSR count). The third-order valence-corrected chi connectivity index (χ3v) is 1.07. The van der Waals surface area contributed by atoms with Crippen LogP contribution >= 0.6 is 11.6 Å². The van der Waals surface area contributed by atoms with E-state index in [1.807, 2.05) is 0 Å². The van der Waals surface area contributed by atoms with Gasteiger partial charge in [-0.1, -0.05) is 17.7 Å². The molecule has 0 heterocycles. The molecule has 0 saturated carbocycles. The third-order valence-electron chi connectivity index (χ3n) is 0.723. The van der Waals surface area contributed by atoms with E-state index in [2.05, 4.69) is 0 Å². The van der Waals surface area contributed by atoms with E-state index in [1.54, 1.807) is 6.08 Å². The molecule has 0 amide bonds. The summed E-state index contributed by atoms with van der Waals surface area (Å²) in [7, 11) is 0. The van der Waals surface area contributed by atoms with Crippen LogP contribution in [0.3, 0.4) is 0 Å². The highest BCUT2D eigenvalue weighted by Crippen LogP contribution is 2.02. The predicted molar refractivity (Wildman–Crippen MR) is 36.7 cm³/mol. The first-order valence-electron chi connectivity index (χ1n) is 2.56. The van der Waals surface area contributed by atoms with Crippen LogP contribution in [-0.4, -0.2) is 13.1 Å². The fraction of sp³-hybridized carbons (Fsp3) is 0.600. The van der Waals surface area contributed by atoms with Crippen LogP contribution in [0.5, 0.6) is 0 Å². The molecule has 0 atom stereocenters. The lowest BCUT2D eigenvalue weighted by molar-refractivity contribution is 0.986. The molecule has 0 aromatic rings. The Balaban J connectivity index is 3.29. The maximum Gasteiger partial charge on any atom is 0.0166 e. The van der Waals surface area contributed by atoms with Crippen molar-refractivity contribution in [3.63, 3.8) is 0 Å². The van der Waals surface area contributed by atoms with Crippen LogP contribution in [0.25, 0.3) is 0 Å². The molecule has 0 saturated heterocycles. The van der Waals surface area contributed by atoms with Crippen molar-refractivity contribution in [2.75, 3.05) is 13.1 Å². The third kappa shape index (κ3) is 4.12. The summed E-state index contributed by atoms with van der Waals surface area (Å²) < 4.78 is 0. The fourth-order valence-electron chi connectivity index (χ4n) is 0.368. The standard InChI is InChI=1S/C5H11ClN2/c6-5(1-3-7)2-4-8/h1H,2-4,7-8H2. The molecule has 0 aliphatic heterocycles. The van der Waals surface area contributed by atoms with Gasteiger partial charge >= 0.3 is 0 Å². The second kappa shape index (κ2) is 5.09. The summed E-state index contributed by atoms with van der Waals surface area (Å²) in [6.07, 6.45) is 2.49. The Kier molecular flexibility index (Phi) is 5.06. The van der Waals surface area contributed by atoms with Gasteiger partial charge in [0, 0.05) is 11.6 Å². The Bertz CT molecular complexity index is 80.5. The van der Waals surface area contributed by atoms with Crippen molar-refractivity contribution in [2.45, 2.75) is 6.42 Å². The predicted octanol–water partition coefficient (Wildman–Crippen LogP) is 0.417. The summed E-state index contributed by atoms with van der Waals surface area (Å²) in [5.41, 5.74) is 10.4. The van der Waals surface area contributed by atoms with Crippen LogP contribution in [0.1, 0.15) is 6.42 Å². The maximum atomic E-state index is 5.58. The summed E-state index contributed by atoms with van der Waals surface area (Å²) in [5.74, 6) is 0. The van der Waals surface area contributed by atoms with Gasteiger partial charge in [0.1, 0.15) is 0 Å². The Hall–Kier alpha value is -0.0500. The number of nitrogens with two attached hydrogens (primary N) is 2. The van der Waals surface area contributed by atoms with Crippen LogP contribution in [0.4, 0.5) is 0 Å². The molecule has 0 aromatic carbocycles. The molecule has 0 radical (unpaired) electrons. The first-order valence-corrected chi connectivity index (χ1v) is 2.93. The summed E-state index contributed by atoms with van der Waals surface area (Å²) in [4.78, 5) is 0. The smallest absolute Gasteiger partial charge is 0.0166 e. The van der Waals surface area contributed by atoms with Crippen LogP contribution in [0.15, 0.2) is 11.1 Å². The van der Waals surface area contributed by atoms with Crippen LogP contribution in [0.2, 0.25) is 0 Å². The normalized spacial score (nSPS) is 12.1. The van der Waals surface area contributed by atoms with Gasteiger partial charge in [-0.15, -0.1) is 0 Å². The van der Waals surface area contributed by atoms with Crippen molar-refractivity contribution in [3.8, 4) is 0 Å². The summed E-state index contributed by atoms with van der Waals surface area (Å²) in [5, 5.41) is 0.759. The van der Waals surface area contributed by atoms with E-state index < -0.39 is 0 Å². The van der Waals surface area contributed by atoms with E-state index in [4.69, 9.17) is 23.1 Å². The van der Waals surface area contributed by atoms with Crippen molar-refractivity contribution in [3.05, 3.63) is 11.1 Å². The minimum atomic E-state index is 0.499. The largest absolute Gasteiger partial charge is 0.330 e. The number of rotatable bonds is 3. The lowest BCUT2D eigenvalue weighted by Gasteiger charge is -1.90. The quantitative estimate of drug-likeness (QED) is 0.588. The minimum Gasteiger partial charge on any atom is -0.330 e. The van der Waals surface area contributed by atoms with Crippen molar-refractivity contribution in [2.24, 2.45) is 11.5 Å². The van der Waals surface area contributed by atoms with E-state index in [0.29, 0.717) is 13.1 Å². The molecule has 0 aromatic heterocycles. The van der Waals surface area contributed by atoms with Crippen LogP contribution < -0.4 is 11.5 Å². The SMILES string of the molecule is NCC=C(Cl)CCN. The first-order chi connectivity index (χ1) is 3.81. The van der Waals surface area contributed by atoms with E-state index in [-0.39, 0.29) is 0 Å². The number of halogens is 1. The van der Waals surface area contributed by atoms with Gasteiger partial charge < -0.3 is 11.5 Å². The molecule has 0 unspecified atom stereocenters. The minimum absolute atomic E-state index is 0.499.